The van der Waals surface area contributed by atoms with Gasteiger partial charge in [0.2, 0.25) is 10.0 Å². The van der Waals surface area contributed by atoms with Crippen LogP contribution >= 0.6 is 0 Å². The van der Waals surface area contributed by atoms with Crippen molar-refractivity contribution in [2.24, 2.45) is 0 Å². The second-order valence-corrected chi connectivity index (χ2v) is 9.25. The predicted molar refractivity (Wildman–Crippen MR) is 114 cm³/mol. The Morgan fingerprint density at radius 3 is 2.28 bits per heavy atom. The first-order chi connectivity index (χ1) is 13.9. The molecule has 2 aromatic rings. The summed E-state index contributed by atoms with van der Waals surface area (Å²) in [4.78, 5) is 2.39. The molecule has 2 aromatic carbocycles. The molecule has 0 N–H and O–H groups in total. The van der Waals surface area contributed by atoms with E-state index in [4.69, 9.17) is 4.74 Å². The molecule has 0 bridgehead atoms. The molecule has 3 rings (SSSR count). The lowest BCUT2D eigenvalue weighted by molar-refractivity contribution is 0.334. The van der Waals surface area contributed by atoms with Gasteiger partial charge >= 0.3 is 0 Å². The van der Waals surface area contributed by atoms with Crippen molar-refractivity contribution < 1.29 is 17.5 Å². The molecule has 1 saturated heterocycles. The molecular formula is C22H29FN2O3S. The Hall–Kier alpha value is -2.12. The summed E-state index contributed by atoms with van der Waals surface area (Å²) in [6, 6.07) is 11.5. The van der Waals surface area contributed by atoms with E-state index in [1.54, 1.807) is 30.3 Å². The third kappa shape index (κ3) is 4.73. The van der Waals surface area contributed by atoms with Gasteiger partial charge < -0.3 is 9.64 Å². The van der Waals surface area contributed by atoms with E-state index in [0.29, 0.717) is 37.7 Å². The van der Waals surface area contributed by atoms with Crippen LogP contribution in [0.4, 0.5) is 10.1 Å². The van der Waals surface area contributed by atoms with Crippen molar-refractivity contribution >= 4 is 15.7 Å². The third-order valence-corrected chi connectivity index (χ3v) is 7.39. The van der Waals surface area contributed by atoms with Crippen LogP contribution in [0.1, 0.15) is 38.7 Å². The minimum Gasteiger partial charge on any atom is -0.494 e. The number of nitrogens with zero attached hydrogens (tertiary/aromatic N) is 2. The maximum atomic E-state index is 13.2. The van der Waals surface area contributed by atoms with Gasteiger partial charge in [-0.2, -0.15) is 4.31 Å². The smallest absolute Gasteiger partial charge is 0.243 e. The number of rotatable bonds is 7. The first-order valence-corrected chi connectivity index (χ1v) is 11.6. The van der Waals surface area contributed by atoms with Gasteiger partial charge in [0, 0.05) is 31.9 Å². The predicted octanol–water partition coefficient (Wildman–Crippen LogP) is 4.25. The van der Waals surface area contributed by atoms with E-state index in [1.165, 1.54) is 16.4 Å². The minimum atomic E-state index is -3.58. The highest BCUT2D eigenvalue weighted by atomic mass is 32.2. The van der Waals surface area contributed by atoms with Crippen LogP contribution in [0.2, 0.25) is 0 Å². The Balaban J connectivity index is 1.78. The van der Waals surface area contributed by atoms with E-state index in [0.717, 1.165) is 23.4 Å². The Morgan fingerprint density at radius 1 is 1.03 bits per heavy atom. The molecule has 7 heteroatoms. The number of ether oxygens (including phenoxy) is 1. The second kappa shape index (κ2) is 9.13. The van der Waals surface area contributed by atoms with Crippen molar-refractivity contribution in [3.05, 3.63) is 53.8 Å². The summed E-state index contributed by atoms with van der Waals surface area (Å²) in [5.41, 5.74) is 1.84. The van der Waals surface area contributed by atoms with E-state index < -0.39 is 10.0 Å². The molecule has 158 valence electrons. The number of piperazine rings is 1. The van der Waals surface area contributed by atoms with E-state index in [-0.39, 0.29) is 11.7 Å². The Labute approximate surface area is 173 Å². The molecule has 1 unspecified atom stereocenters. The van der Waals surface area contributed by atoms with Gasteiger partial charge in [-0.05, 0) is 67.3 Å². The minimum absolute atomic E-state index is 0.210. The van der Waals surface area contributed by atoms with Crippen molar-refractivity contribution in [1.29, 1.82) is 0 Å². The van der Waals surface area contributed by atoms with Crippen molar-refractivity contribution in [1.82, 2.24) is 4.31 Å². The topological polar surface area (TPSA) is 49.9 Å². The van der Waals surface area contributed by atoms with Gasteiger partial charge in [0.25, 0.3) is 0 Å². The zero-order valence-electron chi connectivity index (χ0n) is 17.3. The number of halogens is 1. The molecule has 1 aliphatic heterocycles. The summed E-state index contributed by atoms with van der Waals surface area (Å²) in [6.45, 7) is 8.55. The molecule has 0 aromatic heterocycles. The second-order valence-electron chi connectivity index (χ2n) is 7.31. The molecule has 29 heavy (non-hydrogen) atoms. The van der Waals surface area contributed by atoms with Crippen LogP contribution in [-0.4, -0.2) is 45.5 Å². The molecule has 1 fully saturated rings. The number of anilines is 1. The summed E-state index contributed by atoms with van der Waals surface area (Å²) < 4.78 is 46.8. The van der Waals surface area contributed by atoms with Gasteiger partial charge in [-0.15, -0.1) is 0 Å². The van der Waals surface area contributed by atoms with E-state index >= 15 is 0 Å². The highest BCUT2D eigenvalue weighted by Gasteiger charge is 2.29. The monoisotopic (exact) mass is 420 g/mol. The van der Waals surface area contributed by atoms with E-state index in [9.17, 15) is 12.8 Å². The third-order valence-electron chi connectivity index (χ3n) is 5.49. The lowest BCUT2D eigenvalue weighted by Crippen LogP contribution is -2.48. The number of hydrogen-bond donors (Lipinski definition) is 0. The zero-order chi connectivity index (χ0) is 21.0. The lowest BCUT2D eigenvalue weighted by Gasteiger charge is -2.35. The SMILES string of the molecule is CCOc1ccc(S(=O)(=O)N2CCN(c3ccc(F)cc3)CC2)cc1C(C)CC. The fraction of sp³-hybridized carbons (Fsp3) is 0.455. The summed E-state index contributed by atoms with van der Waals surface area (Å²) >= 11 is 0. The average molecular weight is 421 g/mol. The molecular weight excluding hydrogens is 391 g/mol. The van der Waals surface area contributed by atoms with Crippen LogP contribution in [0.3, 0.4) is 0 Å². The maximum absolute atomic E-state index is 13.2. The van der Waals surface area contributed by atoms with Gasteiger partial charge in [0.1, 0.15) is 11.6 Å². The molecule has 1 atom stereocenters. The summed E-state index contributed by atoms with van der Waals surface area (Å²) in [6.07, 6.45) is 0.903. The molecule has 0 radical (unpaired) electrons. The quantitative estimate of drug-likeness (QED) is 0.672. The number of benzene rings is 2. The van der Waals surface area contributed by atoms with Crippen LogP contribution in [-0.2, 0) is 10.0 Å². The maximum Gasteiger partial charge on any atom is 0.243 e. The van der Waals surface area contributed by atoms with Gasteiger partial charge in [-0.25, -0.2) is 12.8 Å². The first-order valence-electron chi connectivity index (χ1n) is 10.1. The van der Waals surface area contributed by atoms with Crippen molar-refractivity contribution in [3.63, 3.8) is 0 Å². The van der Waals surface area contributed by atoms with Gasteiger partial charge in [0.05, 0.1) is 11.5 Å². The summed E-state index contributed by atoms with van der Waals surface area (Å²) in [7, 11) is -3.58. The van der Waals surface area contributed by atoms with E-state index in [1.807, 2.05) is 6.92 Å². The average Bonchev–Trinajstić information content (AvgIpc) is 2.74. The van der Waals surface area contributed by atoms with Crippen molar-refractivity contribution in [2.45, 2.75) is 38.0 Å². The summed E-state index contributed by atoms with van der Waals surface area (Å²) in [5, 5.41) is 0. The van der Waals surface area contributed by atoms with Gasteiger partial charge in [-0.3, -0.25) is 0 Å². The Bertz CT molecular complexity index is 924. The Kier molecular flexibility index (Phi) is 6.80. The molecule has 1 heterocycles. The highest BCUT2D eigenvalue weighted by Crippen LogP contribution is 2.32. The molecule has 0 aliphatic carbocycles. The van der Waals surface area contributed by atoms with Crippen LogP contribution in [0.25, 0.3) is 0 Å². The van der Waals surface area contributed by atoms with Crippen LogP contribution in [0.15, 0.2) is 47.4 Å². The number of hydrogen-bond acceptors (Lipinski definition) is 4. The fourth-order valence-electron chi connectivity index (χ4n) is 3.57. The zero-order valence-corrected chi connectivity index (χ0v) is 18.1. The summed E-state index contributed by atoms with van der Waals surface area (Å²) in [5.74, 6) is 0.687. The van der Waals surface area contributed by atoms with E-state index in [2.05, 4.69) is 18.7 Å². The largest absolute Gasteiger partial charge is 0.494 e. The van der Waals surface area contributed by atoms with Crippen LogP contribution in [0, 0.1) is 5.82 Å². The van der Waals surface area contributed by atoms with Crippen LogP contribution in [0.5, 0.6) is 5.75 Å². The highest BCUT2D eigenvalue weighted by molar-refractivity contribution is 7.89. The lowest BCUT2D eigenvalue weighted by atomic mass is 9.98. The van der Waals surface area contributed by atoms with Crippen LogP contribution < -0.4 is 9.64 Å². The molecule has 0 amide bonds. The molecule has 5 nitrogen and oxygen atoms in total. The first kappa shape index (κ1) is 21.6. The van der Waals surface area contributed by atoms with Crippen molar-refractivity contribution in [3.8, 4) is 5.75 Å². The standard InChI is InChI=1S/C22H29FN2O3S/c1-4-17(3)21-16-20(10-11-22(21)28-5-2)29(26,27)25-14-12-24(13-15-25)19-8-6-18(23)7-9-19/h6-11,16-17H,4-5,12-15H2,1-3H3. The van der Waals surface area contributed by atoms with Gasteiger partial charge in [0.15, 0.2) is 0 Å². The number of sulfonamides is 1. The Morgan fingerprint density at radius 2 is 1.69 bits per heavy atom. The molecule has 0 saturated carbocycles. The van der Waals surface area contributed by atoms with Crippen molar-refractivity contribution in [2.75, 3.05) is 37.7 Å². The molecule has 0 spiro atoms. The van der Waals surface area contributed by atoms with Gasteiger partial charge in [-0.1, -0.05) is 13.8 Å². The normalized spacial score (nSPS) is 16.6. The molecule has 1 aliphatic rings. The fourth-order valence-corrected chi connectivity index (χ4v) is 5.02.